The zero-order chi connectivity index (χ0) is 23.9. The second-order valence-electron chi connectivity index (χ2n) is 8.46. The molecule has 34 heavy (non-hydrogen) atoms. The molecule has 5 rings (SSSR count). The van der Waals surface area contributed by atoms with Crippen LogP contribution >= 0.6 is 11.6 Å². The number of rotatable bonds is 4. The molecule has 3 heterocycles. The van der Waals surface area contributed by atoms with E-state index >= 15 is 0 Å². The number of aryl methyl sites for hydroxylation is 1. The summed E-state index contributed by atoms with van der Waals surface area (Å²) in [7, 11) is -2.09. The molecule has 1 aromatic heterocycles. The van der Waals surface area contributed by atoms with Crippen molar-refractivity contribution in [2.75, 3.05) is 11.4 Å². The number of amides is 1. The van der Waals surface area contributed by atoms with Crippen molar-refractivity contribution in [2.24, 2.45) is 11.4 Å². The fraction of sp³-hybridized carbons (Fsp3) is 0.292. The number of benzene rings is 2. The van der Waals surface area contributed by atoms with Crippen molar-refractivity contribution in [2.45, 2.75) is 36.6 Å². The van der Waals surface area contributed by atoms with E-state index in [2.05, 4.69) is 14.7 Å². The molecule has 10 heteroatoms. The average Bonchev–Trinajstić information content (AvgIpc) is 3.10. The first-order valence-electron chi connectivity index (χ1n) is 11.1. The molecule has 176 valence electrons. The number of fused-ring (bicyclic) bond motifs is 3. The van der Waals surface area contributed by atoms with Gasteiger partial charge in [-0.3, -0.25) is 4.79 Å². The molecule has 0 saturated carbocycles. The quantitative estimate of drug-likeness (QED) is 0.586. The Labute approximate surface area is 203 Å². The van der Waals surface area contributed by atoms with Crippen molar-refractivity contribution in [1.29, 1.82) is 0 Å². The summed E-state index contributed by atoms with van der Waals surface area (Å²) in [6.07, 6.45) is 6.89. The van der Waals surface area contributed by atoms with E-state index in [1.54, 1.807) is 18.5 Å². The molecule has 1 N–H and O–H groups in total. The Hall–Kier alpha value is -3.17. The molecule has 8 nitrogen and oxygen atoms in total. The molecule has 0 spiro atoms. The van der Waals surface area contributed by atoms with Crippen LogP contribution < -0.4 is 10.2 Å². The molecule has 3 aromatic rings. The molecule has 2 aliphatic heterocycles. The van der Waals surface area contributed by atoms with Gasteiger partial charge in [-0.05, 0) is 30.5 Å². The lowest BCUT2D eigenvalue weighted by molar-refractivity contribution is 0.0941. The van der Waals surface area contributed by atoms with E-state index < -0.39 is 22.0 Å². The second kappa shape index (κ2) is 8.88. The van der Waals surface area contributed by atoms with Crippen LogP contribution in [0, 0.1) is 0 Å². The summed E-state index contributed by atoms with van der Waals surface area (Å²) >= 11 is 6.56. The standard InChI is InChI=1S/C24H24ClN5O3S/c1-29-13-11-26-23(29)22(16-8-4-2-5-9-16)27-24(31)17-14-20-19(15-18(17)25)30-12-7-3-6-10-21(30)28-34(20,32)33/h2,4-5,8-9,11,13-15,22H,3,6-7,10,12H2,1H3,(H,27,31). The number of carbonyl (C=O) groups is 1. The topological polar surface area (TPSA) is 96.7 Å². The van der Waals surface area contributed by atoms with Gasteiger partial charge in [0.1, 0.15) is 22.6 Å². The number of hydrogen-bond donors (Lipinski definition) is 1. The number of amidine groups is 1. The van der Waals surface area contributed by atoms with Gasteiger partial charge in [-0.15, -0.1) is 4.40 Å². The van der Waals surface area contributed by atoms with E-state index in [0.29, 0.717) is 30.3 Å². The lowest BCUT2D eigenvalue weighted by Crippen LogP contribution is -2.36. The van der Waals surface area contributed by atoms with E-state index in [9.17, 15) is 13.2 Å². The minimum atomic E-state index is -3.94. The van der Waals surface area contributed by atoms with Crippen molar-refractivity contribution in [3.8, 4) is 0 Å². The largest absolute Gasteiger partial charge is 0.338 e. The molecule has 2 aromatic carbocycles. The van der Waals surface area contributed by atoms with Crippen LogP contribution in [0.25, 0.3) is 0 Å². The zero-order valence-electron chi connectivity index (χ0n) is 18.6. The van der Waals surface area contributed by atoms with Crippen LogP contribution in [0.4, 0.5) is 5.69 Å². The molecule has 0 radical (unpaired) electrons. The number of sulfonamides is 1. The van der Waals surface area contributed by atoms with Gasteiger partial charge in [-0.2, -0.15) is 8.42 Å². The van der Waals surface area contributed by atoms with E-state index in [1.165, 1.54) is 6.07 Å². The number of aromatic nitrogens is 2. The van der Waals surface area contributed by atoms with Gasteiger partial charge in [0, 0.05) is 32.4 Å². The van der Waals surface area contributed by atoms with E-state index in [0.717, 1.165) is 24.8 Å². The highest BCUT2D eigenvalue weighted by Gasteiger charge is 2.34. The van der Waals surface area contributed by atoms with E-state index in [-0.39, 0.29) is 15.5 Å². The lowest BCUT2D eigenvalue weighted by atomic mass is 10.1. The predicted molar refractivity (Wildman–Crippen MR) is 131 cm³/mol. The highest BCUT2D eigenvalue weighted by Crippen LogP contribution is 2.38. The third-order valence-electron chi connectivity index (χ3n) is 6.21. The maximum absolute atomic E-state index is 13.4. The molecule has 1 unspecified atom stereocenters. The predicted octanol–water partition coefficient (Wildman–Crippen LogP) is 4.07. The van der Waals surface area contributed by atoms with Gasteiger partial charge < -0.3 is 14.8 Å². The lowest BCUT2D eigenvalue weighted by Gasteiger charge is -2.30. The van der Waals surface area contributed by atoms with Crippen molar-refractivity contribution in [3.05, 3.63) is 76.8 Å². The van der Waals surface area contributed by atoms with Crippen LogP contribution in [0.2, 0.25) is 5.02 Å². The van der Waals surface area contributed by atoms with Gasteiger partial charge in [0.2, 0.25) is 0 Å². The van der Waals surface area contributed by atoms with Gasteiger partial charge in [-0.1, -0.05) is 48.4 Å². The van der Waals surface area contributed by atoms with Crippen molar-refractivity contribution in [3.63, 3.8) is 0 Å². The fourth-order valence-corrected chi connectivity index (χ4v) is 5.99. The van der Waals surface area contributed by atoms with Gasteiger partial charge in [0.15, 0.2) is 0 Å². The van der Waals surface area contributed by atoms with Crippen LogP contribution in [0.1, 0.15) is 53.5 Å². The first-order chi connectivity index (χ1) is 16.3. The third-order valence-corrected chi connectivity index (χ3v) is 7.85. The van der Waals surface area contributed by atoms with Crippen molar-refractivity contribution >= 4 is 39.1 Å². The van der Waals surface area contributed by atoms with Gasteiger partial charge in [0.05, 0.1) is 16.3 Å². The van der Waals surface area contributed by atoms with Crippen LogP contribution in [0.3, 0.4) is 0 Å². The number of carbonyl (C=O) groups excluding carboxylic acids is 1. The Bertz CT molecular complexity index is 1380. The number of imidazole rings is 1. The molecule has 1 atom stereocenters. The maximum atomic E-state index is 13.4. The maximum Gasteiger partial charge on any atom is 0.286 e. The van der Waals surface area contributed by atoms with Gasteiger partial charge in [0.25, 0.3) is 15.9 Å². The molecular formula is C24H24ClN5O3S. The highest BCUT2D eigenvalue weighted by atomic mass is 35.5. The number of halogens is 1. The number of anilines is 1. The normalized spacial score (nSPS) is 17.7. The molecule has 2 aliphatic rings. The van der Waals surface area contributed by atoms with Gasteiger partial charge in [-0.25, -0.2) is 4.98 Å². The van der Waals surface area contributed by atoms with Crippen molar-refractivity contribution < 1.29 is 13.2 Å². The Morgan fingerprint density at radius 3 is 2.68 bits per heavy atom. The first kappa shape index (κ1) is 22.6. The Morgan fingerprint density at radius 2 is 1.94 bits per heavy atom. The molecule has 1 saturated heterocycles. The minimum Gasteiger partial charge on any atom is -0.338 e. The van der Waals surface area contributed by atoms with Gasteiger partial charge >= 0.3 is 0 Å². The Kier molecular flexibility index (Phi) is 5.91. The van der Waals surface area contributed by atoms with Crippen LogP contribution in [-0.4, -0.2) is 36.3 Å². The molecule has 0 bridgehead atoms. The summed E-state index contributed by atoms with van der Waals surface area (Å²) in [5, 5.41) is 3.17. The smallest absolute Gasteiger partial charge is 0.286 e. The molecule has 1 fully saturated rings. The first-order valence-corrected chi connectivity index (χ1v) is 12.9. The van der Waals surface area contributed by atoms with Crippen LogP contribution in [0.15, 0.2) is 64.2 Å². The average molecular weight is 498 g/mol. The summed E-state index contributed by atoms with van der Waals surface area (Å²) in [6, 6.07) is 11.8. The van der Waals surface area contributed by atoms with Crippen LogP contribution in [0.5, 0.6) is 0 Å². The number of nitrogens with one attached hydrogen (secondary N) is 1. The monoisotopic (exact) mass is 497 g/mol. The fourth-order valence-electron chi connectivity index (χ4n) is 4.48. The summed E-state index contributed by atoms with van der Waals surface area (Å²) in [6.45, 7) is 0.665. The SMILES string of the molecule is Cn1ccnc1C(NC(=O)c1cc2c(cc1Cl)N1CCCCCC1=NS2(=O)=O)c1ccccc1. The summed E-state index contributed by atoms with van der Waals surface area (Å²) in [5.74, 6) is 0.683. The van der Waals surface area contributed by atoms with Crippen LogP contribution in [-0.2, 0) is 17.1 Å². The number of nitrogens with zero attached hydrogens (tertiary/aromatic N) is 4. The zero-order valence-corrected chi connectivity index (χ0v) is 20.2. The second-order valence-corrected chi connectivity index (χ2v) is 10.4. The highest BCUT2D eigenvalue weighted by molar-refractivity contribution is 7.90. The minimum absolute atomic E-state index is 0.000882. The van der Waals surface area contributed by atoms with E-state index in [4.69, 9.17) is 11.6 Å². The summed E-state index contributed by atoms with van der Waals surface area (Å²) < 4.78 is 31.9. The molecular weight excluding hydrogens is 474 g/mol. The third kappa shape index (κ3) is 4.10. The number of hydrogen-bond acceptors (Lipinski definition) is 5. The summed E-state index contributed by atoms with van der Waals surface area (Å²) in [5.41, 5.74) is 1.40. The van der Waals surface area contributed by atoms with Crippen molar-refractivity contribution in [1.82, 2.24) is 14.9 Å². The Morgan fingerprint density at radius 1 is 1.15 bits per heavy atom. The summed E-state index contributed by atoms with van der Waals surface area (Å²) in [4.78, 5) is 19.7. The molecule has 1 amide bonds. The molecule has 0 aliphatic carbocycles. The Balaban J connectivity index is 1.54. The van der Waals surface area contributed by atoms with E-state index in [1.807, 2.05) is 46.8 Å².